The number of unbranched alkanes of at least 4 members (excludes halogenated alkanes) is 3. The van der Waals surface area contributed by atoms with E-state index in [0.29, 0.717) is 6.04 Å². The lowest BCUT2D eigenvalue weighted by atomic mass is 10.1. The zero-order valence-corrected chi connectivity index (χ0v) is 8.19. The molecule has 2 heteroatoms. The van der Waals surface area contributed by atoms with Crippen LogP contribution in [0, 0.1) is 0 Å². The molecule has 0 aromatic carbocycles. The van der Waals surface area contributed by atoms with Crippen LogP contribution in [0.25, 0.3) is 0 Å². The molecule has 64 valence electrons. The van der Waals surface area contributed by atoms with E-state index in [-0.39, 0.29) is 13.5 Å². The van der Waals surface area contributed by atoms with Crippen molar-refractivity contribution in [1.82, 2.24) is 0 Å². The Balaban J connectivity index is 0. The second kappa shape index (κ2) is 9.31. The normalized spacial score (nSPS) is 12.3. The van der Waals surface area contributed by atoms with Crippen molar-refractivity contribution in [2.75, 3.05) is 0 Å². The molecule has 0 aliphatic heterocycles. The van der Waals surface area contributed by atoms with E-state index in [1.165, 1.54) is 32.1 Å². The maximum absolute atomic E-state index is 5.57. The highest BCUT2D eigenvalue weighted by atomic mass is 32.1. The maximum atomic E-state index is 5.57. The van der Waals surface area contributed by atoms with Gasteiger partial charge in [-0.2, -0.15) is 13.5 Å². The van der Waals surface area contributed by atoms with Crippen LogP contribution in [0.5, 0.6) is 0 Å². The molecule has 0 saturated heterocycles. The average Bonchev–Trinajstić information content (AvgIpc) is 1.80. The van der Waals surface area contributed by atoms with E-state index < -0.39 is 0 Å². The predicted octanol–water partition coefficient (Wildman–Crippen LogP) is 2.42. The first-order valence-corrected chi connectivity index (χ1v) is 4.03. The van der Waals surface area contributed by atoms with Gasteiger partial charge in [-0.15, -0.1) is 0 Å². The van der Waals surface area contributed by atoms with Crippen LogP contribution in [0.1, 0.15) is 46.0 Å². The lowest BCUT2D eigenvalue weighted by Gasteiger charge is -2.02. The zero-order valence-electron chi connectivity index (χ0n) is 7.19. The van der Waals surface area contributed by atoms with Crippen LogP contribution < -0.4 is 5.73 Å². The SMILES string of the molecule is CCCCCCC(C)N.S. The van der Waals surface area contributed by atoms with Crippen molar-refractivity contribution in [2.45, 2.75) is 52.0 Å². The van der Waals surface area contributed by atoms with Crippen LogP contribution >= 0.6 is 13.5 Å². The summed E-state index contributed by atoms with van der Waals surface area (Å²) in [7, 11) is 0. The molecule has 0 aliphatic carbocycles. The molecular formula is C8H21NS. The minimum absolute atomic E-state index is 0. The first kappa shape index (κ1) is 12.9. The Hall–Kier alpha value is 0.310. The molecule has 2 N–H and O–H groups in total. The monoisotopic (exact) mass is 163 g/mol. The minimum atomic E-state index is 0. The summed E-state index contributed by atoms with van der Waals surface area (Å²) in [6.07, 6.45) is 6.55. The van der Waals surface area contributed by atoms with Crippen molar-refractivity contribution in [3.63, 3.8) is 0 Å². The Kier molecular flexibility index (Phi) is 12.0. The van der Waals surface area contributed by atoms with E-state index in [9.17, 15) is 0 Å². The molecule has 1 unspecified atom stereocenters. The van der Waals surface area contributed by atoms with Crippen molar-refractivity contribution < 1.29 is 0 Å². The zero-order chi connectivity index (χ0) is 7.11. The summed E-state index contributed by atoms with van der Waals surface area (Å²) in [4.78, 5) is 0. The molecule has 0 aromatic heterocycles. The van der Waals surface area contributed by atoms with Gasteiger partial charge in [0.15, 0.2) is 0 Å². The van der Waals surface area contributed by atoms with Gasteiger partial charge in [-0.3, -0.25) is 0 Å². The van der Waals surface area contributed by atoms with Crippen molar-refractivity contribution in [3.05, 3.63) is 0 Å². The Labute approximate surface area is 71.8 Å². The highest BCUT2D eigenvalue weighted by Crippen LogP contribution is 2.03. The van der Waals surface area contributed by atoms with Gasteiger partial charge < -0.3 is 5.73 Å². The Morgan fingerprint density at radius 2 is 1.80 bits per heavy atom. The van der Waals surface area contributed by atoms with Gasteiger partial charge in [0.2, 0.25) is 0 Å². The predicted molar refractivity (Wildman–Crippen MR) is 52.8 cm³/mol. The van der Waals surface area contributed by atoms with Crippen molar-refractivity contribution in [2.24, 2.45) is 5.73 Å². The topological polar surface area (TPSA) is 26.0 Å². The molecular weight excluding hydrogens is 142 g/mol. The van der Waals surface area contributed by atoms with E-state index in [0.717, 1.165) is 0 Å². The van der Waals surface area contributed by atoms with Gasteiger partial charge in [0, 0.05) is 6.04 Å². The molecule has 0 spiro atoms. The third-order valence-corrected chi connectivity index (χ3v) is 1.51. The molecule has 0 rings (SSSR count). The summed E-state index contributed by atoms with van der Waals surface area (Å²) in [5, 5.41) is 0. The summed E-state index contributed by atoms with van der Waals surface area (Å²) in [5.74, 6) is 0. The van der Waals surface area contributed by atoms with Gasteiger partial charge in [0.1, 0.15) is 0 Å². The van der Waals surface area contributed by atoms with Crippen LogP contribution in [-0.2, 0) is 0 Å². The molecule has 0 amide bonds. The first-order chi connectivity index (χ1) is 4.27. The lowest BCUT2D eigenvalue weighted by molar-refractivity contribution is 0.575. The Morgan fingerprint density at radius 1 is 1.20 bits per heavy atom. The molecule has 0 heterocycles. The standard InChI is InChI=1S/C8H19N.H2S/c1-3-4-5-6-7-8(2)9;/h8H,3-7,9H2,1-2H3;1H2. The van der Waals surface area contributed by atoms with E-state index in [1.807, 2.05) is 0 Å². The second-order valence-electron chi connectivity index (χ2n) is 2.83. The smallest absolute Gasteiger partial charge is 0.00104 e. The number of nitrogens with two attached hydrogens (primary N) is 1. The maximum Gasteiger partial charge on any atom is 0.00104 e. The Bertz CT molecular complexity index is 55.2. The third kappa shape index (κ3) is 11.2. The Morgan fingerprint density at radius 3 is 2.20 bits per heavy atom. The molecule has 1 nitrogen and oxygen atoms in total. The van der Waals surface area contributed by atoms with Gasteiger partial charge in [-0.1, -0.05) is 32.6 Å². The van der Waals surface area contributed by atoms with E-state index >= 15 is 0 Å². The first-order valence-electron chi connectivity index (χ1n) is 4.03. The average molecular weight is 163 g/mol. The fraction of sp³-hybridized carbons (Fsp3) is 1.00. The van der Waals surface area contributed by atoms with Gasteiger partial charge in [0.25, 0.3) is 0 Å². The molecule has 10 heavy (non-hydrogen) atoms. The largest absolute Gasteiger partial charge is 0.328 e. The van der Waals surface area contributed by atoms with Crippen LogP contribution in [0.15, 0.2) is 0 Å². The lowest BCUT2D eigenvalue weighted by Crippen LogP contribution is -2.13. The van der Waals surface area contributed by atoms with Crippen molar-refractivity contribution in [1.29, 1.82) is 0 Å². The fourth-order valence-corrected chi connectivity index (χ4v) is 0.893. The summed E-state index contributed by atoms with van der Waals surface area (Å²) in [6, 6.07) is 0.404. The van der Waals surface area contributed by atoms with Crippen LogP contribution in [0.2, 0.25) is 0 Å². The van der Waals surface area contributed by atoms with Crippen molar-refractivity contribution in [3.8, 4) is 0 Å². The van der Waals surface area contributed by atoms with Crippen molar-refractivity contribution >= 4 is 13.5 Å². The number of hydrogen-bond donors (Lipinski definition) is 1. The van der Waals surface area contributed by atoms with Gasteiger partial charge in [-0.25, -0.2) is 0 Å². The fourth-order valence-electron chi connectivity index (χ4n) is 0.893. The summed E-state index contributed by atoms with van der Waals surface area (Å²) >= 11 is 0. The van der Waals surface area contributed by atoms with Gasteiger partial charge in [-0.05, 0) is 13.3 Å². The van der Waals surface area contributed by atoms with E-state index in [1.54, 1.807) is 0 Å². The highest BCUT2D eigenvalue weighted by molar-refractivity contribution is 7.59. The second-order valence-corrected chi connectivity index (χ2v) is 2.83. The summed E-state index contributed by atoms with van der Waals surface area (Å²) < 4.78 is 0. The van der Waals surface area contributed by atoms with E-state index in [2.05, 4.69) is 13.8 Å². The quantitative estimate of drug-likeness (QED) is 0.619. The molecule has 0 radical (unpaired) electrons. The molecule has 0 aromatic rings. The summed E-state index contributed by atoms with van der Waals surface area (Å²) in [6.45, 7) is 4.30. The molecule has 0 aliphatic rings. The van der Waals surface area contributed by atoms with E-state index in [4.69, 9.17) is 5.73 Å². The molecule has 1 atom stereocenters. The number of rotatable bonds is 5. The minimum Gasteiger partial charge on any atom is -0.328 e. The van der Waals surface area contributed by atoms with Crippen LogP contribution in [-0.4, -0.2) is 6.04 Å². The van der Waals surface area contributed by atoms with Gasteiger partial charge >= 0.3 is 0 Å². The highest BCUT2D eigenvalue weighted by Gasteiger charge is 1.91. The molecule has 0 fully saturated rings. The molecule has 0 saturated carbocycles. The third-order valence-electron chi connectivity index (χ3n) is 1.51. The van der Waals surface area contributed by atoms with Crippen LogP contribution in [0.4, 0.5) is 0 Å². The van der Waals surface area contributed by atoms with Gasteiger partial charge in [0.05, 0.1) is 0 Å². The molecule has 0 bridgehead atoms. The summed E-state index contributed by atoms with van der Waals surface area (Å²) in [5.41, 5.74) is 5.57. The number of hydrogen-bond acceptors (Lipinski definition) is 1. The van der Waals surface area contributed by atoms with Crippen LogP contribution in [0.3, 0.4) is 0 Å².